The van der Waals surface area contributed by atoms with Gasteiger partial charge in [-0.25, -0.2) is 0 Å². The van der Waals surface area contributed by atoms with Crippen LogP contribution in [0.25, 0.3) is 0 Å². The quantitative estimate of drug-likeness (QED) is 0.611. The predicted octanol–water partition coefficient (Wildman–Crippen LogP) is 3.95. The van der Waals surface area contributed by atoms with Crippen molar-refractivity contribution in [3.63, 3.8) is 0 Å². The summed E-state index contributed by atoms with van der Waals surface area (Å²) in [5.41, 5.74) is 1.41. The van der Waals surface area contributed by atoms with Crippen LogP contribution in [0.5, 0.6) is 0 Å². The highest BCUT2D eigenvalue weighted by atomic mass is 79.9. The molecule has 1 aliphatic rings. The summed E-state index contributed by atoms with van der Waals surface area (Å²) in [7, 11) is 0. The van der Waals surface area contributed by atoms with Gasteiger partial charge < -0.3 is 4.57 Å². The van der Waals surface area contributed by atoms with E-state index < -0.39 is 0 Å². The van der Waals surface area contributed by atoms with Crippen molar-refractivity contribution >= 4 is 27.3 Å². The first-order valence-corrected chi connectivity index (χ1v) is 8.38. The van der Waals surface area contributed by atoms with Gasteiger partial charge in [0.15, 0.2) is 0 Å². The molecule has 0 aromatic carbocycles. The van der Waals surface area contributed by atoms with Gasteiger partial charge in [-0.3, -0.25) is 4.79 Å². The molecular weight excluding hydrogens is 298 g/mol. The maximum absolute atomic E-state index is 11.8. The summed E-state index contributed by atoms with van der Waals surface area (Å²) in [6.07, 6.45) is 7.82. The fourth-order valence-corrected chi connectivity index (χ4v) is 4.22. The van der Waals surface area contributed by atoms with Crippen molar-refractivity contribution in [3.05, 3.63) is 20.7 Å². The number of aryl methyl sites for hydroxylation is 1. The largest absolute Gasteiger partial charge is 0.307 e. The van der Waals surface area contributed by atoms with Crippen LogP contribution in [0.15, 0.2) is 10.2 Å². The molecule has 0 N–H and O–H groups in total. The molecule has 1 aromatic heterocycles. The highest BCUT2D eigenvalue weighted by molar-refractivity contribution is 9.09. The van der Waals surface area contributed by atoms with Crippen molar-refractivity contribution in [3.8, 4) is 0 Å². The Balaban J connectivity index is 2.21. The molecule has 1 saturated carbocycles. The summed E-state index contributed by atoms with van der Waals surface area (Å²) >= 11 is 5.01. The van der Waals surface area contributed by atoms with Crippen LogP contribution in [0, 0.1) is 12.3 Å². The lowest BCUT2D eigenvalue weighted by molar-refractivity contribution is 0.239. The molecule has 0 saturated heterocycles. The Kier molecular flexibility index (Phi) is 4.47. The van der Waals surface area contributed by atoms with E-state index in [1.54, 1.807) is 0 Å². The molecule has 0 aliphatic heterocycles. The molecule has 1 aromatic rings. The number of alkyl halides is 1. The van der Waals surface area contributed by atoms with Gasteiger partial charge in [-0.15, -0.1) is 0 Å². The topological polar surface area (TPSA) is 22.0 Å². The zero-order valence-electron chi connectivity index (χ0n) is 10.4. The molecule has 0 bridgehead atoms. The number of hydrogen-bond donors (Lipinski definition) is 0. The molecule has 0 amide bonds. The van der Waals surface area contributed by atoms with Gasteiger partial charge in [-0.2, -0.15) is 0 Å². The van der Waals surface area contributed by atoms with E-state index in [1.165, 1.54) is 49.9 Å². The first-order chi connectivity index (χ1) is 8.17. The van der Waals surface area contributed by atoms with E-state index in [9.17, 15) is 4.79 Å². The standard InChI is InChI=1S/C13H20BrNOS/c1-11-8-17-12(16)15(11)10-13(9-14)6-4-2-3-5-7-13/h8H,2-7,9-10H2,1H3. The van der Waals surface area contributed by atoms with Crippen LogP contribution in [0.3, 0.4) is 0 Å². The van der Waals surface area contributed by atoms with Gasteiger partial charge in [0.2, 0.25) is 0 Å². The first-order valence-electron chi connectivity index (χ1n) is 6.38. The lowest BCUT2D eigenvalue weighted by atomic mass is 9.82. The number of halogens is 1. The Hall–Kier alpha value is -0.0900. The number of nitrogens with zero attached hydrogens (tertiary/aromatic N) is 1. The Bertz CT molecular complexity index is 415. The van der Waals surface area contributed by atoms with Crippen molar-refractivity contribution in [2.24, 2.45) is 5.41 Å². The second-order valence-corrected chi connectivity index (χ2v) is 6.66. The third kappa shape index (κ3) is 3.02. The van der Waals surface area contributed by atoms with E-state index >= 15 is 0 Å². The minimum absolute atomic E-state index is 0.201. The molecule has 2 nitrogen and oxygen atoms in total. The van der Waals surface area contributed by atoms with Crippen molar-refractivity contribution in [2.45, 2.75) is 52.0 Å². The van der Waals surface area contributed by atoms with Gasteiger partial charge in [-0.1, -0.05) is 53.0 Å². The second kappa shape index (κ2) is 5.70. The number of hydrogen-bond acceptors (Lipinski definition) is 2. The molecule has 0 atom stereocenters. The highest BCUT2D eigenvalue weighted by Crippen LogP contribution is 2.38. The fraction of sp³-hybridized carbons (Fsp3) is 0.769. The van der Waals surface area contributed by atoms with E-state index in [0.717, 1.165) is 17.6 Å². The second-order valence-electron chi connectivity index (χ2n) is 5.28. The lowest BCUT2D eigenvalue weighted by Crippen LogP contribution is -2.32. The first kappa shape index (κ1) is 13.3. The molecule has 2 rings (SSSR count). The third-order valence-electron chi connectivity index (χ3n) is 3.92. The van der Waals surface area contributed by atoms with Crippen LogP contribution >= 0.6 is 27.3 Å². The smallest absolute Gasteiger partial charge is 0.303 e. The Morgan fingerprint density at radius 1 is 1.35 bits per heavy atom. The van der Waals surface area contributed by atoms with Crippen LogP contribution < -0.4 is 4.87 Å². The average Bonchev–Trinajstić information content (AvgIpc) is 2.58. The van der Waals surface area contributed by atoms with E-state index in [2.05, 4.69) is 15.9 Å². The molecule has 0 radical (unpaired) electrons. The predicted molar refractivity (Wildman–Crippen MR) is 77.2 cm³/mol. The summed E-state index contributed by atoms with van der Waals surface area (Å²) in [6.45, 7) is 2.93. The van der Waals surface area contributed by atoms with Crippen LogP contribution in [0.4, 0.5) is 0 Å². The monoisotopic (exact) mass is 317 g/mol. The van der Waals surface area contributed by atoms with Crippen molar-refractivity contribution in [1.29, 1.82) is 0 Å². The number of rotatable bonds is 3. The van der Waals surface area contributed by atoms with E-state index in [-0.39, 0.29) is 4.87 Å². The molecule has 4 heteroatoms. The molecule has 17 heavy (non-hydrogen) atoms. The maximum Gasteiger partial charge on any atom is 0.307 e. The highest BCUT2D eigenvalue weighted by Gasteiger charge is 2.31. The van der Waals surface area contributed by atoms with E-state index in [0.29, 0.717) is 5.41 Å². The number of thiazole rings is 1. The Morgan fingerprint density at radius 3 is 2.47 bits per heavy atom. The molecule has 0 unspecified atom stereocenters. The minimum Gasteiger partial charge on any atom is -0.303 e. The van der Waals surface area contributed by atoms with Crippen LogP contribution in [-0.4, -0.2) is 9.90 Å². The molecular formula is C13H20BrNOS. The maximum atomic E-state index is 11.8. The van der Waals surface area contributed by atoms with Gasteiger partial charge in [0.1, 0.15) is 0 Å². The van der Waals surface area contributed by atoms with Crippen LogP contribution in [-0.2, 0) is 6.54 Å². The molecule has 0 spiro atoms. The molecule has 1 aliphatic carbocycles. The van der Waals surface area contributed by atoms with Crippen molar-refractivity contribution < 1.29 is 0 Å². The normalized spacial score (nSPS) is 20.1. The van der Waals surface area contributed by atoms with Crippen molar-refractivity contribution in [2.75, 3.05) is 5.33 Å². The minimum atomic E-state index is 0.201. The number of aromatic nitrogens is 1. The van der Waals surface area contributed by atoms with Crippen LogP contribution in [0.2, 0.25) is 0 Å². The SMILES string of the molecule is Cc1csc(=O)n1CC1(CBr)CCCCCC1. The lowest BCUT2D eigenvalue weighted by Gasteiger charge is -2.31. The zero-order valence-corrected chi connectivity index (χ0v) is 12.8. The van der Waals surface area contributed by atoms with Gasteiger partial charge in [0.05, 0.1) is 0 Å². The van der Waals surface area contributed by atoms with Gasteiger partial charge >= 0.3 is 4.87 Å². The summed E-state index contributed by atoms with van der Waals surface area (Å²) in [4.78, 5) is 12.0. The molecule has 96 valence electrons. The van der Waals surface area contributed by atoms with Crippen LogP contribution in [0.1, 0.15) is 44.2 Å². The summed E-state index contributed by atoms with van der Waals surface area (Å²) in [5, 5.41) is 2.99. The molecule has 1 heterocycles. The van der Waals surface area contributed by atoms with Gasteiger partial charge in [0, 0.05) is 22.9 Å². The third-order valence-corrected chi connectivity index (χ3v) is 5.99. The zero-order chi connectivity index (χ0) is 12.3. The van der Waals surface area contributed by atoms with E-state index in [4.69, 9.17) is 0 Å². The van der Waals surface area contributed by atoms with Gasteiger partial charge in [0.25, 0.3) is 0 Å². The summed E-state index contributed by atoms with van der Waals surface area (Å²) in [6, 6.07) is 0. The molecule has 1 fully saturated rings. The Labute approximate surface area is 115 Å². The Morgan fingerprint density at radius 2 is 2.00 bits per heavy atom. The van der Waals surface area contributed by atoms with Crippen molar-refractivity contribution in [1.82, 2.24) is 4.57 Å². The summed E-state index contributed by atoms with van der Waals surface area (Å²) < 4.78 is 1.97. The fourth-order valence-electron chi connectivity index (χ4n) is 2.74. The van der Waals surface area contributed by atoms with E-state index in [1.807, 2.05) is 16.9 Å². The van der Waals surface area contributed by atoms with Gasteiger partial charge in [-0.05, 0) is 25.2 Å². The average molecular weight is 318 g/mol. The summed E-state index contributed by atoms with van der Waals surface area (Å²) in [5.74, 6) is 0.